The molecule has 0 bridgehead atoms. The summed E-state index contributed by atoms with van der Waals surface area (Å²) in [4.78, 5) is 11.5. The fourth-order valence-corrected chi connectivity index (χ4v) is 1.45. The SMILES string of the molecule is O=C(COc1ccc(Cl)cc1)Oc1ccccc1. The standard InChI is InChI=1S/C14H11ClO3/c15-11-6-8-12(9-7-11)17-10-14(16)18-13-4-2-1-3-5-13/h1-9H,10H2. The lowest BCUT2D eigenvalue weighted by molar-refractivity contribution is -0.136. The van der Waals surface area contributed by atoms with E-state index in [1.54, 1.807) is 48.5 Å². The molecule has 2 aromatic carbocycles. The highest BCUT2D eigenvalue weighted by molar-refractivity contribution is 6.30. The largest absolute Gasteiger partial charge is 0.482 e. The van der Waals surface area contributed by atoms with E-state index in [0.717, 1.165) is 0 Å². The Morgan fingerprint density at radius 3 is 2.28 bits per heavy atom. The van der Waals surface area contributed by atoms with Gasteiger partial charge in [0.25, 0.3) is 0 Å². The topological polar surface area (TPSA) is 35.5 Å². The molecule has 0 unspecified atom stereocenters. The summed E-state index contributed by atoms with van der Waals surface area (Å²) in [5, 5.41) is 0.620. The van der Waals surface area contributed by atoms with Crippen LogP contribution in [0.15, 0.2) is 54.6 Å². The van der Waals surface area contributed by atoms with Crippen LogP contribution in [0, 0.1) is 0 Å². The van der Waals surface area contributed by atoms with Gasteiger partial charge >= 0.3 is 5.97 Å². The van der Waals surface area contributed by atoms with Gasteiger partial charge in [0.1, 0.15) is 11.5 Å². The molecule has 0 aliphatic heterocycles. The molecule has 0 aliphatic rings. The van der Waals surface area contributed by atoms with Crippen molar-refractivity contribution in [1.29, 1.82) is 0 Å². The molecule has 0 fully saturated rings. The highest BCUT2D eigenvalue weighted by atomic mass is 35.5. The van der Waals surface area contributed by atoms with Gasteiger partial charge in [-0.3, -0.25) is 0 Å². The van der Waals surface area contributed by atoms with Crippen molar-refractivity contribution < 1.29 is 14.3 Å². The van der Waals surface area contributed by atoms with Crippen LogP contribution in [0.3, 0.4) is 0 Å². The summed E-state index contributed by atoms with van der Waals surface area (Å²) in [6.07, 6.45) is 0. The number of esters is 1. The van der Waals surface area contributed by atoms with Crippen molar-refractivity contribution in [1.82, 2.24) is 0 Å². The monoisotopic (exact) mass is 262 g/mol. The minimum Gasteiger partial charge on any atom is -0.482 e. The number of ether oxygens (including phenoxy) is 2. The first-order chi connectivity index (χ1) is 8.74. The van der Waals surface area contributed by atoms with Crippen molar-refractivity contribution in [3.63, 3.8) is 0 Å². The first-order valence-electron chi connectivity index (χ1n) is 5.38. The summed E-state index contributed by atoms with van der Waals surface area (Å²) in [6, 6.07) is 15.6. The maximum Gasteiger partial charge on any atom is 0.349 e. The Hall–Kier alpha value is -2.00. The number of carbonyl (C=O) groups excluding carboxylic acids is 1. The molecule has 0 spiro atoms. The van der Waals surface area contributed by atoms with Gasteiger partial charge in [-0.25, -0.2) is 4.79 Å². The van der Waals surface area contributed by atoms with E-state index in [-0.39, 0.29) is 6.61 Å². The lowest BCUT2D eigenvalue weighted by atomic mass is 10.3. The molecule has 92 valence electrons. The van der Waals surface area contributed by atoms with E-state index in [9.17, 15) is 4.79 Å². The normalized spacial score (nSPS) is 9.83. The molecule has 3 nitrogen and oxygen atoms in total. The van der Waals surface area contributed by atoms with E-state index in [1.165, 1.54) is 0 Å². The second kappa shape index (κ2) is 6.07. The summed E-state index contributed by atoms with van der Waals surface area (Å²) < 4.78 is 10.3. The van der Waals surface area contributed by atoms with E-state index >= 15 is 0 Å². The maximum atomic E-state index is 11.5. The van der Waals surface area contributed by atoms with Crippen molar-refractivity contribution in [2.45, 2.75) is 0 Å². The maximum absolute atomic E-state index is 11.5. The fourth-order valence-electron chi connectivity index (χ4n) is 1.32. The van der Waals surface area contributed by atoms with Crippen LogP contribution in [-0.4, -0.2) is 12.6 Å². The summed E-state index contributed by atoms with van der Waals surface area (Å²) >= 11 is 5.73. The predicted octanol–water partition coefficient (Wildman–Crippen LogP) is 3.32. The molecule has 2 rings (SSSR count). The Labute approximate surface area is 110 Å². The third-order valence-corrected chi connectivity index (χ3v) is 2.40. The Morgan fingerprint density at radius 1 is 0.944 bits per heavy atom. The zero-order valence-corrected chi connectivity index (χ0v) is 10.3. The summed E-state index contributed by atoms with van der Waals surface area (Å²) in [7, 11) is 0. The number of carbonyl (C=O) groups is 1. The van der Waals surface area contributed by atoms with Gasteiger partial charge in [-0.15, -0.1) is 0 Å². The molecule has 0 aliphatic carbocycles. The predicted molar refractivity (Wildman–Crippen MR) is 69.0 cm³/mol. The van der Waals surface area contributed by atoms with Crippen LogP contribution >= 0.6 is 11.6 Å². The van der Waals surface area contributed by atoms with E-state index < -0.39 is 5.97 Å². The zero-order chi connectivity index (χ0) is 12.8. The van der Waals surface area contributed by atoms with Crippen molar-refractivity contribution >= 4 is 17.6 Å². The first kappa shape index (κ1) is 12.5. The van der Waals surface area contributed by atoms with Crippen molar-refractivity contribution in [2.75, 3.05) is 6.61 Å². The lowest BCUT2D eigenvalue weighted by Gasteiger charge is -2.06. The van der Waals surface area contributed by atoms with Gasteiger partial charge in [0, 0.05) is 5.02 Å². The summed E-state index contributed by atoms with van der Waals surface area (Å²) in [5.74, 6) is 0.628. The zero-order valence-electron chi connectivity index (χ0n) is 9.51. The van der Waals surface area contributed by atoms with Gasteiger partial charge < -0.3 is 9.47 Å². The number of hydrogen-bond acceptors (Lipinski definition) is 3. The molecule has 0 amide bonds. The van der Waals surface area contributed by atoms with Crippen LogP contribution in [0.25, 0.3) is 0 Å². The summed E-state index contributed by atoms with van der Waals surface area (Å²) in [6.45, 7) is -0.142. The molecule has 0 radical (unpaired) electrons. The molecular weight excluding hydrogens is 252 g/mol. The van der Waals surface area contributed by atoms with Gasteiger partial charge in [0.2, 0.25) is 0 Å². The number of rotatable bonds is 4. The van der Waals surface area contributed by atoms with Crippen LogP contribution < -0.4 is 9.47 Å². The Bertz CT molecular complexity index is 508. The molecule has 0 saturated carbocycles. The van der Waals surface area contributed by atoms with Crippen LogP contribution in [0.1, 0.15) is 0 Å². The van der Waals surface area contributed by atoms with Gasteiger partial charge in [0.05, 0.1) is 0 Å². The number of benzene rings is 2. The minimum absolute atomic E-state index is 0.142. The van der Waals surface area contributed by atoms with Gasteiger partial charge in [-0.2, -0.15) is 0 Å². The lowest BCUT2D eigenvalue weighted by Crippen LogP contribution is -2.17. The average molecular weight is 263 g/mol. The molecule has 0 saturated heterocycles. The van der Waals surface area contributed by atoms with E-state index in [1.807, 2.05) is 6.07 Å². The number of halogens is 1. The van der Waals surface area contributed by atoms with Crippen LogP contribution in [0.5, 0.6) is 11.5 Å². The van der Waals surface area contributed by atoms with Gasteiger partial charge in [-0.05, 0) is 36.4 Å². The molecule has 18 heavy (non-hydrogen) atoms. The van der Waals surface area contributed by atoms with E-state index in [0.29, 0.717) is 16.5 Å². The smallest absolute Gasteiger partial charge is 0.349 e. The Balaban J connectivity index is 1.83. The summed E-state index contributed by atoms with van der Waals surface area (Å²) in [5.41, 5.74) is 0. The fraction of sp³-hybridized carbons (Fsp3) is 0.0714. The third-order valence-electron chi connectivity index (χ3n) is 2.15. The van der Waals surface area contributed by atoms with E-state index in [2.05, 4.69) is 0 Å². The second-order valence-electron chi connectivity index (χ2n) is 3.53. The molecule has 0 aromatic heterocycles. The minimum atomic E-state index is -0.448. The molecule has 4 heteroatoms. The number of hydrogen-bond donors (Lipinski definition) is 0. The van der Waals surface area contributed by atoms with Gasteiger partial charge in [-0.1, -0.05) is 29.8 Å². The van der Waals surface area contributed by atoms with Crippen molar-refractivity contribution in [3.05, 3.63) is 59.6 Å². The van der Waals surface area contributed by atoms with Gasteiger partial charge in [0.15, 0.2) is 6.61 Å². The highest BCUT2D eigenvalue weighted by Crippen LogP contribution is 2.15. The van der Waals surface area contributed by atoms with Crippen LogP contribution in [0.4, 0.5) is 0 Å². The second-order valence-corrected chi connectivity index (χ2v) is 3.97. The van der Waals surface area contributed by atoms with E-state index in [4.69, 9.17) is 21.1 Å². The van der Waals surface area contributed by atoms with Crippen molar-refractivity contribution in [2.24, 2.45) is 0 Å². The molecule has 0 heterocycles. The average Bonchev–Trinajstić information content (AvgIpc) is 2.39. The number of para-hydroxylation sites is 1. The molecule has 2 aromatic rings. The Morgan fingerprint density at radius 2 is 1.61 bits per heavy atom. The van der Waals surface area contributed by atoms with Crippen LogP contribution in [-0.2, 0) is 4.79 Å². The van der Waals surface area contributed by atoms with Crippen molar-refractivity contribution in [3.8, 4) is 11.5 Å². The quantitative estimate of drug-likeness (QED) is 0.626. The first-order valence-corrected chi connectivity index (χ1v) is 5.76. The Kier molecular flexibility index (Phi) is 4.20. The highest BCUT2D eigenvalue weighted by Gasteiger charge is 2.05. The van der Waals surface area contributed by atoms with Crippen LogP contribution in [0.2, 0.25) is 5.02 Å². The molecule has 0 atom stereocenters. The molecular formula is C14H11ClO3. The third kappa shape index (κ3) is 3.79. The molecule has 0 N–H and O–H groups in total.